The number of piperazine rings is 1. The lowest BCUT2D eigenvalue weighted by Gasteiger charge is -2.34. The fraction of sp³-hybridized carbons (Fsp3) is 0.647. The van der Waals surface area contributed by atoms with Gasteiger partial charge in [0.05, 0.1) is 18.2 Å². The number of nitrogens with zero attached hydrogens (tertiary/aromatic N) is 2. The largest absolute Gasteiger partial charge is 0.469 e. The van der Waals surface area contributed by atoms with Crippen LogP contribution in [0.15, 0.2) is 16.7 Å². The second-order valence-corrected chi connectivity index (χ2v) is 6.86. The SMILES string of the molecule is Cc1occc1C(=O)N1CCN(CCC(=O)OC(C)(C)C)CC1. The molecule has 1 amide bonds. The predicted molar refractivity (Wildman–Crippen MR) is 86.3 cm³/mol. The Morgan fingerprint density at radius 2 is 1.87 bits per heavy atom. The van der Waals surface area contributed by atoms with E-state index >= 15 is 0 Å². The van der Waals surface area contributed by atoms with E-state index in [0.29, 0.717) is 37.4 Å². The van der Waals surface area contributed by atoms with Crippen molar-refractivity contribution in [3.8, 4) is 0 Å². The monoisotopic (exact) mass is 322 g/mol. The van der Waals surface area contributed by atoms with E-state index in [1.54, 1.807) is 19.3 Å². The molecule has 1 fully saturated rings. The highest BCUT2D eigenvalue weighted by molar-refractivity contribution is 5.95. The second kappa shape index (κ2) is 7.17. The van der Waals surface area contributed by atoms with Crippen LogP contribution in [0.3, 0.4) is 0 Å². The van der Waals surface area contributed by atoms with E-state index in [9.17, 15) is 9.59 Å². The number of rotatable bonds is 4. The molecule has 0 radical (unpaired) electrons. The molecule has 0 spiro atoms. The van der Waals surface area contributed by atoms with Gasteiger partial charge in [0, 0.05) is 32.7 Å². The summed E-state index contributed by atoms with van der Waals surface area (Å²) in [5, 5.41) is 0. The van der Waals surface area contributed by atoms with Crippen LogP contribution in [0.2, 0.25) is 0 Å². The highest BCUT2D eigenvalue weighted by Gasteiger charge is 2.24. The number of ether oxygens (including phenoxy) is 1. The number of carbonyl (C=O) groups excluding carboxylic acids is 2. The van der Waals surface area contributed by atoms with Crippen LogP contribution in [0.25, 0.3) is 0 Å². The third-order valence-corrected chi connectivity index (χ3v) is 3.80. The lowest BCUT2D eigenvalue weighted by Crippen LogP contribution is -2.49. The molecule has 6 heteroatoms. The summed E-state index contributed by atoms with van der Waals surface area (Å²) in [6.45, 7) is 10.9. The van der Waals surface area contributed by atoms with Crippen molar-refractivity contribution in [2.45, 2.75) is 39.7 Å². The van der Waals surface area contributed by atoms with E-state index in [1.807, 2.05) is 25.7 Å². The predicted octanol–water partition coefficient (Wildman–Crippen LogP) is 2.08. The first-order valence-corrected chi connectivity index (χ1v) is 8.04. The number of furan rings is 1. The van der Waals surface area contributed by atoms with Crippen molar-refractivity contribution >= 4 is 11.9 Å². The molecule has 1 aliphatic rings. The van der Waals surface area contributed by atoms with Crippen LogP contribution in [0.1, 0.15) is 43.3 Å². The Morgan fingerprint density at radius 3 is 2.39 bits per heavy atom. The number of hydrogen-bond donors (Lipinski definition) is 0. The Labute approximate surface area is 137 Å². The molecule has 0 unspecified atom stereocenters. The van der Waals surface area contributed by atoms with Crippen molar-refractivity contribution in [2.24, 2.45) is 0 Å². The maximum atomic E-state index is 12.4. The summed E-state index contributed by atoms with van der Waals surface area (Å²) in [5.41, 5.74) is 0.192. The minimum absolute atomic E-state index is 0.0167. The molecule has 1 aliphatic heterocycles. The van der Waals surface area contributed by atoms with E-state index in [-0.39, 0.29) is 11.9 Å². The lowest BCUT2D eigenvalue weighted by atomic mass is 10.2. The molecule has 2 rings (SSSR count). The van der Waals surface area contributed by atoms with Gasteiger partial charge in [-0.1, -0.05) is 0 Å². The van der Waals surface area contributed by atoms with Gasteiger partial charge in [0.25, 0.3) is 5.91 Å². The van der Waals surface area contributed by atoms with Crippen molar-refractivity contribution < 1.29 is 18.7 Å². The topological polar surface area (TPSA) is 63.0 Å². The van der Waals surface area contributed by atoms with E-state index < -0.39 is 5.60 Å². The molecule has 23 heavy (non-hydrogen) atoms. The zero-order chi connectivity index (χ0) is 17.0. The van der Waals surface area contributed by atoms with Gasteiger partial charge in [-0.2, -0.15) is 0 Å². The average molecular weight is 322 g/mol. The first-order valence-electron chi connectivity index (χ1n) is 8.04. The van der Waals surface area contributed by atoms with Gasteiger partial charge in [-0.15, -0.1) is 0 Å². The summed E-state index contributed by atoms with van der Waals surface area (Å²) in [6, 6.07) is 1.71. The van der Waals surface area contributed by atoms with Crippen molar-refractivity contribution in [1.29, 1.82) is 0 Å². The minimum Gasteiger partial charge on any atom is -0.469 e. The van der Waals surface area contributed by atoms with Crippen LogP contribution >= 0.6 is 0 Å². The zero-order valence-corrected chi connectivity index (χ0v) is 14.4. The van der Waals surface area contributed by atoms with Gasteiger partial charge in [0.15, 0.2) is 0 Å². The normalized spacial score (nSPS) is 16.4. The Kier molecular flexibility index (Phi) is 5.46. The number of esters is 1. The molecule has 0 bridgehead atoms. The highest BCUT2D eigenvalue weighted by Crippen LogP contribution is 2.14. The van der Waals surface area contributed by atoms with Gasteiger partial charge >= 0.3 is 5.97 Å². The smallest absolute Gasteiger partial charge is 0.307 e. The molecule has 0 saturated carbocycles. The lowest BCUT2D eigenvalue weighted by molar-refractivity contribution is -0.155. The van der Waals surface area contributed by atoms with E-state index in [2.05, 4.69) is 4.90 Å². The molecule has 128 valence electrons. The molecule has 2 heterocycles. The van der Waals surface area contributed by atoms with Crippen LogP contribution in [0.5, 0.6) is 0 Å². The summed E-state index contributed by atoms with van der Waals surface area (Å²) in [5.74, 6) is 0.496. The number of aryl methyl sites for hydroxylation is 1. The molecule has 1 aromatic rings. The van der Waals surface area contributed by atoms with E-state index in [0.717, 1.165) is 13.1 Å². The average Bonchev–Trinajstić information content (AvgIpc) is 2.89. The molecular formula is C17H26N2O4. The van der Waals surface area contributed by atoms with Gasteiger partial charge in [-0.05, 0) is 33.8 Å². The summed E-state index contributed by atoms with van der Waals surface area (Å²) < 4.78 is 10.5. The Hall–Kier alpha value is -1.82. The van der Waals surface area contributed by atoms with Crippen LogP contribution < -0.4 is 0 Å². The number of amides is 1. The third kappa shape index (κ3) is 5.10. The Balaban J connectivity index is 1.75. The maximum Gasteiger partial charge on any atom is 0.307 e. The zero-order valence-electron chi connectivity index (χ0n) is 14.4. The highest BCUT2D eigenvalue weighted by atomic mass is 16.6. The van der Waals surface area contributed by atoms with Crippen molar-refractivity contribution in [1.82, 2.24) is 9.80 Å². The fourth-order valence-electron chi connectivity index (χ4n) is 2.59. The van der Waals surface area contributed by atoms with Crippen LogP contribution in [-0.4, -0.2) is 60.0 Å². The van der Waals surface area contributed by atoms with Crippen molar-refractivity contribution in [3.05, 3.63) is 23.7 Å². The molecule has 1 aromatic heterocycles. The van der Waals surface area contributed by atoms with Gasteiger partial charge in [-0.25, -0.2) is 0 Å². The van der Waals surface area contributed by atoms with Crippen LogP contribution in [-0.2, 0) is 9.53 Å². The maximum absolute atomic E-state index is 12.4. The molecule has 0 aliphatic carbocycles. The summed E-state index contributed by atoms with van der Waals surface area (Å²) >= 11 is 0. The molecule has 0 aromatic carbocycles. The first kappa shape index (κ1) is 17.5. The van der Waals surface area contributed by atoms with Gasteiger partial charge in [0.2, 0.25) is 0 Å². The van der Waals surface area contributed by atoms with Crippen molar-refractivity contribution in [3.63, 3.8) is 0 Å². The molecule has 1 saturated heterocycles. The molecular weight excluding hydrogens is 296 g/mol. The van der Waals surface area contributed by atoms with Crippen LogP contribution in [0.4, 0.5) is 0 Å². The van der Waals surface area contributed by atoms with Gasteiger partial charge < -0.3 is 14.1 Å². The molecule has 0 N–H and O–H groups in total. The molecule has 6 nitrogen and oxygen atoms in total. The van der Waals surface area contributed by atoms with Crippen molar-refractivity contribution in [2.75, 3.05) is 32.7 Å². The Bertz CT molecular complexity index is 551. The Morgan fingerprint density at radius 1 is 1.22 bits per heavy atom. The summed E-state index contributed by atoms with van der Waals surface area (Å²) in [7, 11) is 0. The number of hydrogen-bond acceptors (Lipinski definition) is 5. The van der Waals surface area contributed by atoms with Gasteiger partial charge in [0.1, 0.15) is 11.4 Å². The standard InChI is InChI=1S/C17H26N2O4/c1-13-14(6-12-22-13)16(21)19-10-8-18(9-11-19)7-5-15(20)23-17(2,3)4/h6,12H,5,7-11H2,1-4H3. The first-order chi connectivity index (χ1) is 10.8. The van der Waals surface area contributed by atoms with Gasteiger partial charge in [-0.3, -0.25) is 14.5 Å². The summed E-state index contributed by atoms with van der Waals surface area (Å²) in [6.07, 6.45) is 1.92. The summed E-state index contributed by atoms with van der Waals surface area (Å²) in [4.78, 5) is 28.2. The van der Waals surface area contributed by atoms with E-state index in [4.69, 9.17) is 9.15 Å². The van der Waals surface area contributed by atoms with Crippen LogP contribution in [0, 0.1) is 6.92 Å². The minimum atomic E-state index is -0.440. The third-order valence-electron chi connectivity index (χ3n) is 3.80. The quantitative estimate of drug-likeness (QED) is 0.794. The molecule has 0 atom stereocenters. The second-order valence-electron chi connectivity index (χ2n) is 6.86. The fourth-order valence-corrected chi connectivity index (χ4v) is 2.59. The number of carbonyl (C=O) groups is 2. The van der Waals surface area contributed by atoms with E-state index in [1.165, 1.54) is 0 Å².